The van der Waals surface area contributed by atoms with Gasteiger partial charge >= 0.3 is 5.97 Å². The topological polar surface area (TPSA) is 89.5 Å². The van der Waals surface area contributed by atoms with Crippen molar-refractivity contribution in [1.29, 1.82) is 0 Å². The number of aliphatic imine (C=N–C) groups is 1. The molecule has 2 aromatic carbocycles. The lowest BCUT2D eigenvalue weighted by atomic mass is 9.94. The normalized spacial score (nSPS) is 16.5. The van der Waals surface area contributed by atoms with Crippen molar-refractivity contribution in [2.24, 2.45) is 4.99 Å². The van der Waals surface area contributed by atoms with Gasteiger partial charge < -0.3 is 24.4 Å². The van der Waals surface area contributed by atoms with Gasteiger partial charge in [-0.2, -0.15) is 0 Å². The molecule has 2 aromatic rings. The zero-order chi connectivity index (χ0) is 24.9. The Hall–Kier alpha value is -3.43. The fourth-order valence-corrected chi connectivity index (χ4v) is 4.76. The zero-order valence-electron chi connectivity index (χ0n) is 19.4. The molecule has 0 fully saturated rings. The lowest BCUT2D eigenvalue weighted by molar-refractivity contribution is -0.139. The number of thioether (sulfide) groups is 1. The number of anilines is 1. The van der Waals surface area contributed by atoms with Crippen molar-refractivity contribution < 1.29 is 23.8 Å². The maximum Gasteiger partial charge on any atom is 0.338 e. The van der Waals surface area contributed by atoms with E-state index < -0.39 is 12.0 Å². The van der Waals surface area contributed by atoms with Crippen molar-refractivity contribution in [2.45, 2.75) is 19.9 Å². The van der Waals surface area contributed by atoms with E-state index in [0.717, 1.165) is 10.7 Å². The molecule has 4 rings (SSSR count). The molecule has 0 spiro atoms. The number of rotatable bonds is 8. The number of benzene rings is 2. The predicted octanol–water partition coefficient (Wildman–Crippen LogP) is 5.13. The molecule has 182 valence electrons. The summed E-state index contributed by atoms with van der Waals surface area (Å²) in [5.41, 5.74) is 2.43. The highest BCUT2D eigenvalue weighted by atomic mass is 35.5. The van der Waals surface area contributed by atoms with Gasteiger partial charge in [0.1, 0.15) is 0 Å². The van der Waals surface area contributed by atoms with E-state index in [1.165, 1.54) is 18.9 Å². The van der Waals surface area contributed by atoms with Gasteiger partial charge in [-0.15, -0.1) is 0 Å². The van der Waals surface area contributed by atoms with Gasteiger partial charge in [0.25, 0.3) is 5.91 Å². The summed E-state index contributed by atoms with van der Waals surface area (Å²) in [6.07, 6.45) is 1.89. The van der Waals surface area contributed by atoms with E-state index in [4.69, 9.17) is 25.8 Å². The first kappa shape index (κ1) is 24.7. The molecular weight excluding hydrogens is 490 g/mol. The highest BCUT2D eigenvalue weighted by molar-refractivity contribution is 8.16. The van der Waals surface area contributed by atoms with Crippen molar-refractivity contribution in [3.8, 4) is 11.5 Å². The van der Waals surface area contributed by atoms with Crippen LogP contribution in [0.4, 0.5) is 5.69 Å². The predicted molar refractivity (Wildman–Crippen MR) is 137 cm³/mol. The van der Waals surface area contributed by atoms with Gasteiger partial charge in [-0.05, 0) is 55.2 Å². The van der Waals surface area contributed by atoms with Gasteiger partial charge in [0, 0.05) is 16.9 Å². The van der Waals surface area contributed by atoms with Crippen LogP contribution >= 0.6 is 23.4 Å². The quantitative estimate of drug-likeness (QED) is 0.489. The minimum Gasteiger partial charge on any atom is -0.493 e. The molecule has 0 saturated carbocycles. The molecule has 1 amide bonds. The molecule has 8 nitrogen and oxygen atoms in total. The molecule has 0 aliphatic carbocycles. The number of nitrogens with zero attached hydrogens (tertiary/aromatic N) is 2. The SMILES string of the molecule is CCOC(=O)C1=C(C)N=C2SC=CN2[C@H]1c1ccc(OCC(=O)Nc2cccc(Cl)c2)c(OC)c1. The van der Waals surface area contributed by atoms with E-state index in [-0.39, 0.29) is 19.1 Å². The van der Waals surface area contributed by atoms with E-state index >= 15 is 0 Å². The molecule has 2 aliphatic rings. The summed E-state index contributed by atoms with van der Waals surface area (Å²) in [4.78, 5) is 31.7. The van der Waals surface area contributed by atoms with Crippen LogP contribution in [0, 0.1) is 0 Å². The van der Waals surface area contributed by atoms with Gasteiger partial charge in [-0.1, -0.05) is 35.5 Å². The number of nitrogens with one attached hydrogen (secondary N) is 1. The number of fused-ring (bicyclic) bond motifs is 1. The van der Waals surface area contributed by atoms with Crippen LogP contribution in [0.15, 0.2) is 70.3 Å². The third-order valence-electron chi connectivity index (χ3n) is 5.29. The van der Waals surface area contributed by atoms with Gasteiger partial charge in [0.2, 0.25) is 0 Å². The number of halogens is 1. The van der Waals surface area contributed by atoms with E-state index in [1.54, 1.807) is 50.2 Å². The van der Waals surface area contributed by atoms with E-state index in [1.807, 2.05) is 22.6 Å². The van der Waals surface area contributed by atoms with Crippen molar-refractivity contribution in [1.82, 2.24) is 4.90 Å². The van der Waals surface area contributed by atoms with Gasteiger partial charge in [0.15, 0.2) is 23.3 Å². The number of allylic oxidation sites excluding steroid dienone is 1. The first-order chi connectivity index (χ1) is 16.9. The fraction of sp³-hybridized carbons (Fsp3) is 0.240. The molecule has 1 N–H and O–H groups in total. The summed E-state index contributed by atoms with van der Waals surface area (Å²) >= 11 is 7.44. The van der Waals surface area contributed by atoms with E-state index in [9.17, 15) is 9.59 Å². The van der Waals surface area contributed by atoms with Crippen LogP contribution in [0.3, 0.4) is 0 Å². The Balaban J connectivity index is 1.56. The molecule has 2 aliphatic heterocycles. The van der Waals surface area contributed by atoms with Crippen LogP contribution in [0.5, 0.6) is 11.5 Å². The number of amides is 1. The van der Waals surface area contributed by atoms with Crippen LogP contribution in [0.2, 0.25) is 5.02 Å². The second-order valence-corrected chi connectivity index (χ2v) is 8.89. The average molecular weight is 514 g/mol. The summed E-state index contributed by atoms with van der Waals surface area (Å²) in [7, 11) is 1.52. The van der Waals surface area contributed by atoms with Gasteiger partial charge in [-0.3, -0.25) is 4.79 Å². The van der Waals surface area contributed by atoms with Crippen LogP contribution in [-0.4, -0.2) is 42.3 Å². The monoisotopic (exact) mass is 513 g/mol. The standard InChI is InChI=1S/C25H24ClN3O5S/c1-4-33-24(31)22-15(2)27-25-29(10-11-35-25)23(22)16-8-9-19(20(12-16)32-3)34-14-21(30)28-18-7-5-6-17(26)13-18/h5-13,23H,4,14H2,1-3H3,(H,28,30)/t23-/m0/s1. The molecule has 2 heterocycles. The van der Waals surface area contributed by atoms with Crippen molar-refractivity contribution >= 4 is 46.1 Å². The summed E-state index contributed by atoms with van der Waals surface area (Å²) < 4.78 is 16.6. The molecule has 0 saturated heterocycles. The van der Waals surface area contributed by atoms with Crippen LogP contribution < -0.4 is 14.8 Å². The molecule has 0 bridgehead atoms. The Morgan fingerprint density at radius 2 is 2.03 bits per heavy atom. The number of carbonyl (C=O) groups is 2. The smallest absolute Gasteiger partial charge is 0.338 e. The van der Waals surface area contributed by atoms with Crippen molar-refractivity contribution in [2.75, 3.05) is 25.6 Å². The highest BCUT2D eigenvalue weighted by Crippen LogP contribution is 2.43. The Kier molecular flexibility index (Phi) is 7.67. The number of hydrogen-bond donors (Lipinski definition) is 1. The second kappa shape index (κ2) is 10.9. The third kappa shape index (κ3) is 5.47. The van der Waals surface area contributed by atoms with Crippen LogP contribution in [0.25, 0.3) is 0 Å². The lowest BCUT2D eigenvalue weighted by Crippen LogP contribution is -2.34. The number of amidine groups is 1. The number of hydrogen-bond acceptors (Lipinski definition) is 8. The maximum absolute atomic E-state index is 12.8. The third-order valence-corrected chi connectivity index (χ3v) is 6.29. The summed E-state index contributed by atoms with van der Waals surface area (Å²) in [5.74, 6) is 0.0692. The van der Waals surface area contributed by atoms with Crippen LogP contribution in [0.1, 0.15) is 25.5 Å². The molecule has 1 atom stereocenters. The number of ether oxygens (including phenoxy) is 3. The Labute approximate surface area is 212 Å². The first-order valence-electron chi connectivity index (χ1n) is 10.9. The first-order valence-corrected chi connectivity index (χ1v) is 12.1. The summed E-state index contributed by atoms with van der Waals surface area (Å²) in [6, 6.07) is 11.8. The Bertz CT molecular complexity index is 1240. The largest absolute Gasteiger partial charge is 0.493 e. The van der Waals surface area contributed by atoms with E-state index in [0.29, 0.717) is 33.5 Å². The van der Waals surface area contributed by atoms with Gasteiger partial charge in [0.05, 0.1) is 31.0 Å². The summed E-state index contributed by atoms with van der Waals surface area (Å²) in [6.45, 7) is 3.61. The number of carbonyl (C=O) groups excluding carboxylic acids is 2. The maximum atomic E-state index is 12.8. The average Bonchev–Trinajstić information content (AvgIpc) is 3.30. The number of esters is 1. The second-order valence-electron chi connectivity index (χ2n) is 7.58. The Morgan fingerprint density at radius 3 is 2.77 bits per heavy atom. The minimum atomic E-state index is -0.443. The zero-order valence-corrected chi connectivity index (χ0v) is 21.0. The summed E-state index contributed by atoms with van der Waals surface area (Å²) in [5, 5.41) is 5.95. The molecule has 0 unspecified atom stereocenters. The van der Waals surface area contributed by atoms with Crippen LogP contribution in [-0.2, 0) is 14.3 Å². The van der Waals surface area contributed by atoms with E-state index in [2.05, 4.69) is 10.3 Å². The minimum absolute atomic E-state index is 0.221. The van der Waals surface area contributed by atoms with Gasteiger partial charge in [-0.25, -0.2) is 9.79 Å². The molecule has 0 radical (unpaired) electrons. The van der Waals surface area contributed by atoms with Crippen molar-refractivity contribution in [3.05, 3.63) is 75.9 Å². The number of methoxy groups -OCH3 is 1. The molecule has 10 heteroatoms. The Morgan fingerprint density at radius 1 is 1.20 bits per heavy atom. The molecule has 35 heavy (non-hydrogen) atoms. The lowest BCUT2D eigenvalue weighted by Gasteiger charge is -2.33. The molecule has 0 aromatic heterocycles. The molecular formula is C25H24ClN3O5S. The highest BCUT2D eigenvalue weighted by Gasteiger charge is 2.37. The fourth-order valence-electron chi connectivity index (χ4n) is 3.78. The van der Waals surface area contributed by atoms with Crippen molar-refractivity contribution in [3.63, 3.8) is 0 Å².